The van der Waals surface area contributed by atoms with Crippen LogP contribution < -0.4 is 5.32 Å². The first kappa shape index (κ1) is 14.5. The SMILES string of the molecule is CCNc1nc(C2(c3ccccc3)CC2)nc(CC)c1Br. The summed E-state index contributed by atoms with van der Waals surface area (Å²) in [6.07, 6.45) is 3.17. The highest BCUT2D eigenvalue weighted by molar-refractivity contribution is 9.10. The molecule has 0 bridgehead atoms. The number of hydrogen-bond acceptors (Lipinski definition) is 3. The highest BCUT2D eigenvalue weighted by Gasteiger charge is 2.49. The van der Waals surface area contributed by atoms with Crippen molar-refractivity contribution in [1.29, 1.82) is 0 Å². The molecule has 3 rings (SSSR count). The molecule has 0 atom stereocenters. The lowest BCUT2D eigenvalue weighted by Crippen LogP contribution is -2.17. The monoisotopic (exact) mass is 345 g/mol. The van der Waals surface area contributed by atoms with Crippen LogP contribution in [0, 0.1) is 0 Å². The summed E-state index contributed by atoms with van der Waals surface area (Å²) in [6.45, 7) is 5.08. The number of nitrogens with one attached hydrogen (secondary N) is 1. The second kappa shape index (κ2) is 5.76. The van der Waals surface area contributed by atoms with Crippen molar-refractivity contribution in [2.45, 2.75) is 38.5 Å². The van der Waals surface area contributed by atoms with Crippen LogP contribution in [0.15, 0.2) is 34.8 Å². The minimum atomic E-state index is 0.0239. The normalized spacial score (nSPS) is 15.8. The Bertz CT molecular complexity index is 636. The minimum absolute atomic E-state index is 0.0239. The van der Waals surface area contributed by atoms with Gasteiger partial charge in [0.15, 0.2) is 0 Å². The van der Waals surface area contributed by atoms with Crippen molar-refractivity contribution >= 4 is 21.7 Å². The highest BCUT2D eigenvalue weighted by atomic mass is 79.9. The molecule has 2 aromatic rings. The van der Waals surface area contributed by atoms with Gasteiger partial charge >= 0.3 is 0 Å². The van der Waals surface area contributed by atoms with E-state index in [1.54, 1.807) is 0 Å². The molecule has 0 saturated heterocycles. The molecule has 0 unspecified atom stereocenters. The van der Waals surface area contributed by atoms with Gasteiger partial charge in [0.1, 0.15) is 11.6 Å². The summed E-state index contributed by atoms with van der Waals surface area (Å²) >= 11 is 3.63. The fourth-order valence-electron chi connectivity index (χ4n) is 2.75. The largest absolute Gasteiger partial charge is 0.369 e. The first-order valence-electron chi connectivity index (χ1n) is 7.57. The molecule has 3 nitrogen and oxygen atoms in total. The lowest BCUT2D eigenvalue weighted by Gasteiger charge is -2.18. The van der Waals surface area contributed by atoms with Gasteiger partial charge in [-0.3, -0.25) is 0 Å². The van der Waals surface area contributed by atoms with Gasteiger partial charge in [0.25, 0.3) is 0 Å². The summed E-state index contributed by atoms with van der Waals surface area (Å²) < 4.78 is 1.000. The molecule has 1 aromatic carbocycles. The Balaban J connectivity index is 2.08. The molecular weight excluding hydrogens is 326 g/mol. The second-order valence-corrected chi connectivity index (χ2v) is 6.28. The van der Waals surface area contributed by atoms with E-state index in [0.717, 1.165) is 47.6 Å². The Kier molecular flexibility index (Phi) is 3.98. The first-order valence-corrected chi connectivity index (χ1v) is 8.37. The molecule has 1 N–H and O–H groups in total. The molecule has 21 heavy (non-hydrogen) atoms. The summed E-state index contributed by atoms with van der Waals surface area (Å²) in [6, 6.07) is 10.6. The Morgan fingerprint density at radius 1 is 1.14 bits per heavy atom. The highest BCUT2D eigenvalue weighted by Crippen LogP contribution is 2.52. The van der Waals surface area contributed by atoms with Gasteiger partial charge in [-0.05, 0) is 47.7 Å². The van der Waals surface area contributed by atoms with Crippen molar-refractivity contribution in [1.82, 2.24) is 9.97 Å². The second-order valence-electron chi connectivity index (χ2n) is 5.49. The van der Waals surface area contributed by atoms with Gasteiger partial charge in [0.2, 0.25) is 0 Å². The third kappa shape index (κ3) is 2.57. The van der Waals surface area contributed by atoms with Gasteiger partial charge in [-0.15, -0.1) is 0 Å². The van der Waals surface area contributed by atoms with E-state index in [1.807, 2.05) is 0 Å². The van der Waals surface area contributed by atoms with Crippen LogP contribution in [0.3, 0.4) is 0 Å². The van der Waals surface area contributed by atoms with Gasteiger partial charge in [-0.1, -0.05) is 37.3 Å². The smallest absolute Gasteiger partial charge is 0.144 e. The average molecular weight is 346 g/mol. The average Bonchev–Trinajstić information content (AvgIpc) is 3.32. The van der Waals surface area contributed by atoms with E-state index in [1.165, 1.54) is 5.56 Å². The lowest BCUT2D eigenvalue weighted by atomic mass is 9.95. The quantitative estimate of drug-likeness (QED) is 0.877. The van der Waals surface area contributed by atoms with Crippen LogP contribution in [0.25, 0.3) is 0 Å². The summed E-state index contributed by atoms with van der Waals surface area (Å²) in [5, 5.41) is 3.34. The predicted molar refractivity (Wildman–Crippen MR) is 89.7 cm³/mol. The first-order chi connectivity index (χ1) is 10.2. The van der Waals surface area contributed by atoms with Crippen molar-refractivity contribution in [2.24, 2.45) is 0 Å². The van der Waals surface area contributed by atoms with Crippen LogP contribution in [-0.2, 0) is 11.8 Å². The van der Waals surface area contributed by atoms with Crippen LogP contribution in [0.2, 0.25) is 0 Å². The molecule has 4 heteroatoms. The fourth-order valence-corrected chi connectivity index (χ4v) is 3.35. The van der Waals surface area contributed by atoms with E-state index in [4.69, 9.17) is 9.97 Å². The fraction of sp³-hybridized carbons (Fsp3) is 0.412. The molecular formula is C17H20BrN3. The van der Waals surface area contributed by atoms with E-state index in [2.05, 4.69) is 65.4 Å². The molecule has 0 spiro atoms. The van der Waals surface area contributed by atoms with Crippen molar-refractivity contribution in [3.63, 3.8) is 0 Å². The number of benzene rings is 1. The van der Waals surface area contributed by atoms with Crippen LogP contribution in [0.1, 0.15) is 43.8 Å². The van der Waals surface area contributed by atoms with E-state index in [-0.39, 0.29) is 5.41 Å². The molecule has 1 saturated carbocycles. The van der Waals surface area contributed by atoms with Gasteiger partial charge in [-0.25, -0.2) is 9.97 Å². The van der Waals surface area contributed by atoms with Gasteiger partial charge in [0, 0.05) is 6.54 Å². The third-order valence-corrected chi connectivity index (χ3v) is 4.94. The Labute approximate surface area is 134 Å². The van der Waals surface area contributed by atoms with Crippen LogP contribution in [0.4, 0.5) is 5.82 Å². The lowest BCUT2D eigenvalue weighted by molar-refractivity contribution is 0.738. The molecule has 1 aliphatic rings. The van der Waals surface area contributed by atoms with E-state index >= 15 is 0 Å². The molecule has 1 aromatic heterocycles. The number of aryl methyl sites for hydroxylation is 1. The van der Waals surface area contributed by atoms with Gasteiger partial charge in [0.05, 0.1) is 15.6 Å². The Morgan fingerprint density at radius 3 is 2.43 bits per heavy atom. The zero-order valence-corrected chi connectivity index (χ0v) is 14.1. The molecule has 0 amide bonds. The minimum Gasteiger partial charge on any atom is -0.369 e. The van der Waals surface area contributed by atoms with Crippen LogP contribution in [0.5, 0.6) is 0 Å². The number of hydrogen-bond donors (Lipinski definition) is 1. The van der Waals surface area contributed by atoms with Gasteiger partial charge in [-0.2, -0.15) is 0 Å². The maximum absolute atomic E-state index is 4.85. The number of anilines is 1. The molecule has 0 aliphatic heterocycles. The number of aromatic nitrogens is 2. The maximum Gasteiger partial charge on any atom is 0.144 e. The predicted octanol–water partition coefficient (Wildman–Crippen LogP) is 4.31. The van der Waals surface area contributed by atoms with Crippen LogP contribution >= 0.6 is 15.9 Å². The summed E-state index contributed by atoms with van der Waals surface area (Å²) in [4.78, 5) is 9.66. The van der Waals surface area contributed by atoms with E-state index in [9.17, 15) is 0 Å². The van der Waals surface area contributed by atoms with Crippen molar-refractivity contribution in [3.05, 3.63) is 51.9 Å². The molecule has 0 radical (unpaired) electrons. The van der Waals surface area contributed by atoms with Crippen molar-refractivity contribution in [2.75, 3.05) is 11.9 Å². The third-order valence-electron chi connectivity index (χ3n) is 4.10. The maximum atomic E-state index is 4.85. The number of halogens is 1. The van der Waals surface area contributed by atoms with Crippen molar-refractivity contribution < 1.29 is 0 Å². The molecule has 1 heterocycles. The van der Waals surface area contributed by atoms with Gasteiger partial charge < -0.3 is 5.32 Å². The van der Waals surface area contributed by atoms with E-state index < -0.39 is 0 Å². The topological polar surface area (TPSA) is 37.8 Å². The van der Waals surface area contributed by atoms with E-state index in [0.29, 0.717) is 0 Å². The molecule has 110 valence electrons. The molecule has 1 fully saturated rings. The Morgan fingerprint density at radius 2 is 1.86 bits per heavy atom. The zero-order chi connectivity index (χ0) is 14.9. The van der Waals surface area contributed by atoms with Crippen LogP contribution in [-0.4, -0.2) is 16.5 Å². The number of nitrogens with zero attached hydrogens (tertiary/aromatic N) is 2. The summed E-state index contributed by atoms with van der Waals surface area (Å²) in [7, 11) is 0. The zero-order valence-electron chi connectivity index (χ0n) is 12.5. The summed E-state index contributed by atoms with van der Waals surface area (Å²) in [5.41, 5.74) is 2.44. The van der Waals surface area contributed by atoms with Crippen molar-refractivity contribution in [3.8, 4) is 0 Å². The standard InChI is InChI=1S/C17H20BrN3/c1-3-13-14(18)15(19-4-2)21-16(20-13)17(10-11-17)12-8-6-5-7-9-12/h5-9H,3-4,10-11H2,1-2H3,(H,19,20,21). The molecule has 1 aliphatic carbocycles. The number of rotatable bonds is 5. The summed E-state index contributed by atoms with van der Waals surface area (Å²) in [5.74, 6) is 1.88. The Hall–Kier alpha value is -1.42.